The number of sulfonamides is 1. The lowest BCUT2D eigenvalue weighted by molar-refractivity contribution is -0.117. The van der Waals surface area contributed by atoms with Crippen LogP contribution in [0.2, 0.25) is 0 Å². The standard InChI is InChI=1S/C19H27N3O5S/c1-19(2,3)27-18(24)20-11-13-21(14-12-20)28(25,26)16-8-6-15(7-9-16)22-10-4-5-17(22)23/h6-9H,4-5,10-14H2,1-3H3. The molecule has 0 unspecified atom stereocenters. The Morgan fingerprint density at radius 3 is 2.11 bits per heavy atom. The van der Waals surface area contributed by atoms with Crippen molar-refractivity contribution in [2.24, 2.45) is 0 Å². The second-order valence-electron chi connectivity index (χ2n) is 8.01. The smallest absolute Gasteiger partial charge is 0.410 e. The number of rotatable bonds is 3. The fourth-order valence-electron chi connectivity index (χ4n) is 3.31. The van der Waals surface area contributed by atoms with Gasteiger partial charge < -0.3 is 14.5 Å². The second kappa shape index (κ2) is 7.71. The summed E-state index contributed by atoms with van der Waals surface area (Å²) < 4.78 is 32.5. The summed E-state index contributed by atoms with van der Waals surface area (Å²) in [5.74, 6) is 0.0638. The minimum Gasteiger partial charge on any atom is -0.444 e. The normalized spacial score (nSPS) is 19.2. The number of benzene rings is 1. The van der Waals surface area contributed by atoms with Crippen molar-refractivity contribution in [1.82, 2.24) is 9.21 Å². The van der Waals surface area contributed by atoms with Crippen molar-refractivity contribution in [2.45, 2.75) is 44.1 Å². The molecule has 154 valence electrons. The van der Waals surface area contributed by atoms with Gasteiger partial charge in [-0.2, -0.15) is 4.31 Å². The van der Waals surface area contributed by atoms with Crippen LogP contribution >= 0.6 is 0 Å². The summed E-state index contributed by atoms with van der Waals surface area (Å²) in [6.45, 7) is 7.06. The van der Waals surface area contributed by atoms with Crippen LogP contribution in [-0.2, 0) is 19.6 Å². The highest BCUT2D eigenvalue weighted by atomic mass is 32.2. The molecule has 2 aliphatic heterocycles. The Kier molecular flexibility index (Phi) is 5.67. The summed E-state index contributed by atoms with van der Waals surface area (Å²) in [5.41, 5.74) is 0.134. The van der Waals surface area contributed by atoms with Gasteiger partial charge in [0.25, 0.3) is 0 Å². The maximum absolute atomic E-state index is 12.9. The molecular weight excluding hydrogens is 382 g/mol. The Labute approximate surface area is 166 Å². The number of carbonyl (C=O) groups excluding carboxylic acids is 2. The van der Waals surface area contributed by atoms with E-state index in [0.29, 0.717) is 13.0 Å². The van der Waals surface area contributed by atoms with E-state index in [-0.39, 0.29) is 37.0 Å². The predicted molar refractivity (Wildman–Crippen MR) is 105 cm³/mol. The molecule has 0 N–H and O–H groups in total. The molecule has 3 rings (SSSR count). The molecule has 2 aliphatic rings. The topological polar surface area (TPSA) is 87.2 Å². The van der Waals surface area contributed by atoms with E-state index in [9.17, 15) is 18.0 Å². The molecule has 0 atom stereocenters. The zero-order valence-corrected chi connectivity index (χ0v) is 17.4. The van der Waals surface area contributed by atoms with Crippen LogP contribution in [0.1, 0.15) is 33.6 Å². The number of hydrogen-bond donors (Lipinski definition) is 0. The van der Waals surface area contributed by atoms with Gasteiger partial charge in [-0.05, 0) is 51.5 Å². The molecule has 0 saturated carbocycles. The Morgan fingerprint density at radius 2 is 1.61 bits per heavy atom. The molecule has 9 heteroatoms. The first kappa shape index (κ1) is 20.6. The number of amides is 2. The van der Waals surface area contributed by atoms with E-state index in [1.54, 1.807) is 37.8 Å². The lowest BCUT2D eigenvalue weighted by Gasteiger charge is -2.35. The molecule has 2 fully saturated rings. The van der Waals surface area contributed by atoms with Crippen LogP contribution in [0.25, 0.3) is 0 Å². The maximum atomic E-state index is 12.9. The summed E-state index contributed by atoms with van der Waals surface area (Å²) in [5, 5.41) is 0. The first-order valence-corrected chi connectivity index (χ1v) is 10.9. The van der Waals surface area contributed by atoms with E-state index in [1.807, 2.05) is 0 Å². The van der Waals surface area contributed by atoms with E-state index < -0.39 is 21.7 Å². The third-order valence-electron chi connectivity index (χ3n) is 4.75. The summed E-state index contributed by atoms with van der Waals surface area (Å²) in [7, 11) is -3.65. The fourth-order valence-corrected chi connectivity index (χ4v) is 4.73. The molecule has 2 saturated heterocycles. The first-order chi connectivity index (χ1) is 13.1. The molecule has 0 spiro atoms. The summed E-state index contributed by atoms with van der Waals surface area (Å²) in [6.07, 6.45) is 0.923. The number of piperazine rings is 1. The molecule has 0 bridgehead atoms. The summed E-state index contributed by atoms with van der Waals surface area (Å²) in [4.78, 5) is 27.4. The van der Waals surface area contributed by atoms with E-state index >= 15 is 0 Å². The van der Waals surface area contributed by atoms with Gasteiger partial charge in [0.1, 0.15) is 5.60 Å². The Hall–Kier alpha value is -2.13. The van der Waals surface area contributed by atoms with Gasteiger partial charge in [-0.3, -0.25) is 4.79 Å². The second-order valence-corrected chi connectivity index (χ2v) is 9.95. The summed E-state index contributed by atoms with van der Waals surface area (Å²) >= 11 is 0. The number of carbonyl (C=O) groups is 2. The van der Waals surface area contributed by atoms with Crippen molar-refractivity contribution in [2.75, 3.05) is 37.6 Å². The number of ether oxygens (including phenoxy) is 1. The molecular formula is C19H27N3O5S. The molecule has 1 aromatic carbocycles. The van der Waals surface area contributed by atoms with Gasteiger partial charge in [0, 0.05) is 44.8 Å². The Bertz CT molecular complexity index is 837. The van der Waals surface area contributed by atoms with Gasteiger partial charge in [-0.15, -0.1) is 0 Å². The van der Waals surface area contributed by atoms with Crippen LogP contribution in [0.3, 0.4) is 0 Å². The zero-order chi connectivity index (χ0) is 20.5. The average Bonchev–Trinajstić information content (AvgIpc) is 3.06. The van der Waals surface area contributed by atoms with Crippen LogP contribution in [0.15, 0.2) is 29.2 Å². The lowest BCUT2D eigenvalue weighted by Crippen LogP contribution is -2.51. The van der Waals surface area contributed by atoms with Crippen molar-refractivity contribution >= 4 is 27.7 Å². The van der Waals surface area contributed by atoms with Crippen LogP contribution in [0, 0.1) is 0 Å². The van der Waals surface area contributed by atoms with Crippen molar-refractivity contribution in [3.05, 3.63) is 24.3 Å². The van der Waals surface area contributed by atoms with Crippen molar-refractivity contribution in [3.63, 3.8) is 0 Å². The Morgan fingerprint density at radius 1 is 1.00 bits per heavy atom. The lowest BCUT2D eigenvalue weighted by atomic mass is 10.2. The van der Waals surface area contributed by atoms with Gasteiger partial charge in [0.15, 0.2) is 0 Å². The van der Waals surface area contributed by atoms with Crippen molar-refractivity contribution < 1.29 is 22.7 Å². The average molecular weight is 410 g/mol. The quantitative estimate of drug-likeness (QED) is 0.763. The third kappa shape index (κ3) is 4.47. The monoisotopic (exact) mass is 409 g/mol. The van der Waals surface area contributed by atoms with E-state index in [2.05, 4.69) is 0 Å². The maximum Gasteiger partial charge on any atom is 0.410 e. The minimum absolute atomic E-state index is 0.0638. The van der Waals surface area contributed by atoms with E-state index in [1.165, 1.54) is 21.3 Å². The van der Waals surface area contributed by atoms with Gasteiger partial charge in [0.2, 0.25) is 15.9 Å². The van der Waals surface area contributed by atoms with Gasteiger partial charge >= 0.3 is 6.09 Å². The molecule has 28 heavy (non-hydrogen) atoms. The van der Waals surface area contributed by atoms with Gasteiger partial charge in [0.05, 0.1) is 4.90 Å². The SMILES string of the molecule is CC(C)(C)OC(=O)N1CCN(S(=O)(=O)c2ccc(N3CCCC3=O)cc2)CC1. The largest absolute Gasteiger partial charge is 0.444 e. The van der Waals surface area contributed by atoms with Crippen LogP contribution in [0.4, 0.5) is 10.5 Å². The summed E-state index contributed by atoms with van der Waals surface area (Å²) in [6, 6.07) is 6.42. The number of nitrogens with zero attached hydrogens (tertiary/aromatic N) is 3. The van der Waals surface area contributed by atoms with Gasteiger partial charge in [-0.1, -0.05) is 0 Å². The van der Waals surface area contributed by atoms with Crippen molar-refractivity contribution in [1.29, 1.82) is 0 Å². The van der Waals surface area contributed by atoms with E-state index in [0.717, 1.165) is 12.1 Å². The molecule has 0 aliphatic carbocycles. The molecule has 8 nitrogen and oxygen atoms in total. The van der Waals surface area contributed by atoms with Crippen molar-refractivity contribution in [3.8, 4) is 0 Å². The molecule has 1 aromatic rings. The first-order valence-electron chi connectivity index (χ1n) is 9.46. The fraction of sp³-hybridized carbons (Fsp3) is 0.579. The third-order valence-corrected chi connectivity index (χ3v) is 6.66. The van der Waals surface area contributed by atoms with Gasteiger partial charge in [-0.25, -0.2) is 13.2 Å². The van der Waals surface area contributed by atoms with Crippen LogP contribution < -0.4 is 4.90 Å². The van der Waals surface area contributed by atoms with E-state index in [4.69, 9.17) is 4.74 Å². The molecule has 2 heterocycles. The Balaban J connectivity index is 1.64. The molecule has 0 aromatic heterocycles. The van der Waals surface area contributed by atoms with Crippen LogP contribution in [-0.4, -0.2) is 67.9 Å². The molecule has 2 amide bonds. The zero-order valence-electron chi connectivity index (χ0n) is 16.6. The minimum atomic E-state index is -3.65. The number of anilines is 1. The van der Waals surface area contributed by atoms with Crippen LogP contribution in [0.5, 0.6) is 0 Å². The highest BCUT2D eigenvalue weighted by Crippen LogP contribution is 2.25. The highest BCUT2D eigenvalue weighted by molar-refractivity contribution is 7.89. The molecule has 0 radical (unpaired) electrons. The predicted octanol–water partition coefficient (Wildman–Crippen LogP) is 2.05. The number of hydrogen-bond acceptors (Lipinski definition) is 5. The highest BCUT2D eigenvalue weighted by Gasteiger charge is 2.32.